The molecule has 13 aromatic rings. The molecule has 15 rings (SSSR count). The van der Waals surface area contributed by atoms with Crippen LogP contribution in [0.25, 0.3) is 64.7 Å². The lowest BCUT2D eigenvalue weighted by atomic mass is 9.67. The average Bonchev–Trinajstić information content (AvgIpc) is 4.29. The van der Waals surface area contributed by atoms with Crippen LogP contribution in [0.2, 0.25) is 0 Å². The van der Waals surface area contributed by atoms with Crippen molar-refractivity contribution in [1.82, 2.24) is 0 Å². The summed E-state index contributed by atoms with van der Waals surface area (Å²) in [7, 11) is 0. The predicted molar refractivity (Wildman–Crippen MR) is 319 cm³/mol. The summed E-state index contributed by atoms with van der Waals surface area (Å²) >= 11 is 1.88. The lowest BCUT2D eigenvalue weighted by Crippen LogP contribution is -2.28. The first kappa shape index (κ1) is 44.2. The molecule has 0 aliphatic heterocycles. The number of hydrogen-bond acceptors (Lipinski definition) is 2. The SMILES string of the molecule is c1ccc(C2(c3ccccc3)c3ccccc3-c3ccc(N(c4ccc(-c5cccc6c5-c5ccccc5C6(c5ccccc5)c5ccccc5)cc4)c4cccc(-c5cccc6c5sc5ccccc56)c4)cc32)cc1. The maximum absolute atomic E-state index is 2.48. The topological polar surface area (TPSA) is 3.24 Å². The van der Waals surface area contributed by atoms with E-state index >= 15 is 0 Å². The normalized spacial score (nSPS) is 13.5. The molecule has 0 saturated heterocycles. The van der Waals surface area contributed by atoms with Gasteiger partial charge in [0, 0.05) is 37.2 Å². The largest absolute Gasteiger partial charge is 0.310 e. The van der Waals surface area contributed by atoms with Crippen molar-refractivity contribution in [2.75, 3.05) is 4.90 Å². The Labute approximate surface area is 447 Å². The van der Waals surface area contributed by atoms with Crippen molar-refractivity contribution >= 4 is 48.6 Å². The highest BCUT2D eigenvalue weighted by Gasteiger charge is 2.48. The molecule has 1 aromatic heterocycles. The Morgan fingerprint density at radius 3 is 1.39 bits per heavy atom. The van der Waals surface area contributed by atoms with E-state index in [4.69, 9.17) is 0 Å². The highest BCUT2D eigenvalue weighted by atomic mass is 32.1. The summed E-state index contributed by atoms with van der Waals surface area (Å²) in [6.45, 7) is 0. The first-order valence-electron chi connectivity index (χ1n) is 26.3. The van der Waals surface area contributed by atoms with Gasteiger partial charge in [0.15, 0.2) is 0 Å². The molecule has 0 fully saturated rings. The molecule has 0 spiro atoms. The van der Waals surface area contributed by atoms with Crippen LogP contribution in [0.4, 0.5) is 17.1 Å². The molecule has 2 aliphatic carbocycles. The van der Waals surface area contributed by atoms with Crippen LogP contribution in [-0.4, -0.2) is 0 Å². The summed E-state index contributed by atoms with van der Waals surface area (Å²) in [6.07, 6.45) is 0. The quantitative estimate of drug-likeness (QED) is 0.139. The van der Waals surface area contributed by atoms with Gasteiger partial charge in [-0.2, -0.15) is 0 Å². The Hall–Kier alpha value is -9.34. The molecule has 1 heterocycles. The summed E-state index contributed by atoms with van der Waals surface area (Å²) < 4.78 is 2.61. The van der Waals surface area contributed by atoms with Crippen LogP contribution < -0.4 is 4.90 Å². The van der Waals surface area contributed by atoms with Gasteiger partial charge in [0.1, 0.15) is 0 Å². The van der Waals surface area contributed by atoms with Crippen LogP contribution >= 0.6 is 11.3 Å². The van der Waals surface area contributed by atoms with Crippen molar-refractivity contribution in [3.05, 3.63) is 342 Å². The smallest absolute Gasteiger partial charge is 0.0714 e. The third-order valence-corrected chi connectivity index (χ3v) is 17.7. The van der Waals surface area contributed by atoms with Gasteiger partial charge in [-0.3, -0.25) is 0 Å². The van der Waals surface area contributed by atoms with Crippen molar-refractivity contribution < 1.29 is 0 Å². The van der Waals surface area contributed by atoms with Crippen LogP contribution in [0.1, 0.15) is 44.5 Å². The zero-order chi connectivity index (χ0) is 50.2. The average molecular weight is 984 g/mol. The Morgan fingerprint density at radius 1 is 0.263 bits per heavy atom. The second kappa shape index (κ2) is 17.7. The van der Waals surface area contributed by atoms with Gasteiger partial charge in [-0.1, -0.05) is 255 Å². The molecule has 1 nitrogen and oxygen atoms in total. The predicted octanol–water partition coefficient (Wildman–Crippen LogP) is 19.6. The van der Waals surface area contributed by atoms with Crippen molar-refractivity contribution in [2.24, 2.45) is 0 Å². The molecule has 0 amide bonds. The number of rotatable bonds is 9. The van der Waals surface area contributed by atoms with Crippen molar-refractivity contribution in [2.45, 2.75) is 10.8 Å². The van der Waals surface area contributed by atoms with E-state index in [1.807, 2.05) is 11.3 Å². The lowest BCUT2D eigenvalue weighted by molar-refractivity contribution is 0.768. The number of nitrogens with zero attached hydrogens (tertiary/aromatic N) is 1. The van der Waals surface area contributed by atoms with Crippen molar-refractivity contribution in [1.29, 1.82) is 0 Å². The molecule has 0 saturated carbocycles. The van der Waals surface area contributed by atoms with Crippen molar-refractivity contribution in [3.8, 4) is 44.5 Å². The van der Waals surface area contributed by atoms with Crippen LogP contribution in [0, 0.1) is 0 Å². The summed E-state index contributed by atoms with van der Waals surface area (Å²) in [5.41, 5.74) is 22.4. The fourth-order valence-corrected chi connectivity index (χ4v) is 14.6. The fourth-order valence-electron chi connectivity index (χ4n) is 13.3. The summed E-state index contributed by atoms with van der Waals surface area (Å²) in [5, 5.41) is 2.60. The van der Waals surface area contributed by atoms with Gasteiger partial charge in [-0.05, 0) is 131 Å². The molecule has 76 heavy (non-hydrogen) atoms. The van der Waals surface area contributed by atoms with Gasteiger partial charge in [0.2, 0.25) is 0 Å². The zero-order valence-corrected chi connectivity index (χ0v) is 42.5. The van der Waals surface area contributed by atoms with E-state index in [1.54, 1.807) is 0 Å². The maximum Gasteiger partial charge on any atom is 0.0714 e. The summed E-state index contributed by atoms with van der Waals surface area (Å²) in [5.74, 6) is 0. The second-order valence-electron chi connectivity index (χ2n) is 20.2. The van der Waals surface area contributed by atoms with E-state index in [0.717, 1.165) is 17.1 Å². The molecule has 0 N–H and O–H groups in total. The van der Waals surface area contributed by atoms with Gasteiger partial charge >= 0.3 is 0 Å². The Bertz CT molecular complexity index is 4250. The Morgan fingerprint density at radius 2 is 0.724 bits per heavy atom. The van der Waals surface area contributed by atoms with Gasteiger partial charge in [-0.15, -0.1) is 11.3 Å². The molecule has 2 aliphatic rings. The van der Waals surface area contributed by atoms with E-state index in [0.29, 0.717) is 0 Å². The van der Waals surface area contributed by atoms with Gasteiger partial charge in [-0.25, -0.2) is 0 Å². The minimum absolute atomic E-state index is 0.478. The van der Waals surface area contributed by atoms with Crippen LogP contribution in [0.3, 0.4) is 0 Å². The third kappa shape index (κ3) is 6.51. The number of hydrogen-bond donors (Lipinski definition) is 0. The molecule has 2 heteroatoms. The number of fused-ring (bicyclic) bond motifs is 9. The summed E-state index contributed by atoms with van der Waals surface area (Å²) in [4.78, 5) is 2.48. The van der Waals surface area contributed by atoms with E-state index < -0.39 is 10.8 Å². The van der Waals surface area contributed by atoms with Crippen molar-refractivity contribution in [3.63, 3.8) is 0 Å². The van der Waals surface area contributed by atoms with E-state index in [2.05, 4.69) is 302 Å². The highest BCUT2D eigenvalue weighted by molar-refractivity contribution is 7.26. The zero-order valence-electron chi connectivity index (χ0n) is 41.6. The first-order chi connectivity index (χ1) is 37.7. The summed E-state index contributed by atoms with van der Waals surface area (Å²) in [6, 6.07) is 111. The molecule has 0 unspecified atom stereocenters. The highest BCUT2D eigenvalue weighted by Crippen LogP contribution is 2.60. The molecule has 0 atom stereocenters. The maximum atomic E-state index is 2.48. The molecule has 0 bridgehead atoms. The van der Waals surface area contributed by atoms with Crippen LogP contribution in [-0.2, 0) is 10.8 Å². The molecular weight excluding hydrogens is 935 g/mol. The number of anilines is 3. The van der Waals surface area contributed by atoms with E-state index in [9.17, 15) is 0 Å². The fraction of sp³-hybridized carbons (Fsp3) is 0.0270. The second-order valence-corrected chi connectivity index (χ2v) is 21.3. The van der Waals surface area contributed by atoms with Gasteiger partial charge < -0.3 is 4.90 Å². The number of benzene rings is 12. The standard InChI is InChI=1S/C74H49NS/c1-5-23-52(24-6-1)73(53-25-7-2-8-26-53)67-39-17-14-34-65(67)71-59(35-21-40-68(71)73)50-42-44-56(45-43-50)75(57-31-19-22-51(48-57)60-36-20-37-64-63-33-15-18-41-70(63)76-72(60)64)58-46-47-62-61-32-13-16-38-66(61)74(69(62)49-58,54-27-9-3-10-28-54)55-29-11-4-12-30-55/h1-49H. The van der Waals surface area contributed by atoms with Crippen LogP contribution in [0.5, 0.6) is 0 Å². The molecule has 12 aromatic carbocycles. The number of thiophene rings is 1. The Balaban J connectivity index is 0.933. The third-order valence-electron chi connectivity index (χ3n) is 16.4. The molecule has 356 valence electrons. The minimum Gasteiger partial charge on any atom is -0.310 e. The van der Waals surface area contributed by atoms with Gasteiger partial charge in [0.25, 0.3) is 0 Å². The lowest BCUT2D eigenvalue weighted by Gasteiger charge is -2.35. The molecule has 0 radical (unpaired) electrons. The Kier molecular flexibility index (Phi) is 10.3. The van der Waals surface area contributed by atoms with Gasteiger partial charge in [0.05, 0.1) is 10.8 Å². The van der Waals surface area contributed by atoms with Crippen LogP contribution in [0.15, 0.2) is 297 Å². The first-order valence-corrected chi connectivity index (χ1v) is 27.1. The molecular formula is C74H49NS. The van der Waals surface area contributed by atoms with E-state index in [1.165, 1.54) is 109 Å². The minimum atomic E-state index is -0.544. The van der Waals surface area contributed by atoms with E-state index in [-0.39, 0.29) is 0 Å². The monoisotopic (exact) mass is 983 g/mol.